The number of carbonyl (C=O) groups is 1. The minimum atomic E-state index is -0.309. The normalized spacial score (nSPS) is 15.6. The Hall–Kier alpha value is -2.67. The monoisotopic (exact) mass is 443 g/mol. The van der Waals surface area contributed by atoms with Crippen molar-refractivity contribution < 1.29 is 13.9 Å². The van der Waals surface area contributed by atoms with Gasteiger partial charge in [-0.05, 0) is 48.9 Å². The van der Waals surface area contributed by atoms with Crippen LogP contribution in [0.1, 0.15) is 41.0 Å². The fourth-order valence-electron chi connectivity index (χ4n) is 3.46. The number of hydrogen-bond donors (Lipinski definition) is 1. The molecule has 1 amide bonds. The second kappa shape index (κ2) is 7.75. The second-order valence-corrected chi connectivity index (χ2v) is 7.51. The molecule has 0 radical (unpaired) electrons. The van der Waals surface area contributed by atoms with Crippen LogP contribution < -0.4 is 10.1 Å². The quantitative estimate of drug-likeness (QED) is 0.641. The first kappa shape index (κ1) is 18.7. The van der Waals surface area contributed by atoms with Gasteiger partial charge in [-0.3, -0.25) is 4.79 Å². The summed E-state index contributed by atoms with van der Waals surface area (Å²) in [6.07, 6.45) is 2.89. The lowest BCUT2D eigenvalue weighted by Gasteiger charge is -2.27. The van der Waals surface area contributed by atoms with Gasteiger partial charge in [0, 0.05) is 16.5 Å². The van der Waals surface area contributed by atoms with Gasteiger partial charge in [0.2, 0.25) is 0 Å². The second-order valence-electron chi connectivity index (χ2n) is 6.59. The van der Waals surface area contributed by atoms with E-state index in [2.05, 4.69) is 26.3 Å². The van der Waals surface area contributed by atoms with Crippen molar-refractivity contribution in [1.29, 1.82) is 0 Å². The van der Waals surface area contributed by atoms with E-state index in [0.717, 1.165) is 27.2 Å². The van der Waals surface area contributed by atoms with E-state index < -0.39 is 0 Å². The number of hydrogen-bond acceptors (Lipinski definition) is 3. The highest BCUT2D eigenvalue weighted by atomic mass is 79.9. The average Bonchev–Trinajstić information content (AvgIpc) is 3.13. The van der Waals surface area contributed by atoms with Gasteiger partial charge in [-0.25, -0.2) is 9.07 Å². The maximum absolute atomic E-state index is 13.2. The third-order valence-corrected chi connectivity index (χ3v) is 5.33. The van der Waals surface area contributed by atoms with E-state index in [9.17, 15) is 9.18 Å². The number of fused-ring (bicyclic) bond motifs is 1. The number of nitrogens with one attached hydrogen (secondary N) is 1. The highest BCUT2D eigenvalue weighted by Gasteiger charge is 2.26. The zero-order chi connectivity index (χ0) is 19.7. The molecule has 0 saturated heterocycles. The van der Waals surface area contributed by atoms with Crippen LogP contribution in [0, 0.1) is 5.82 Å². The number of carbonyl (C=O) groups excluding carboxylic acids is 1. The van der Waals surface area contributed by atoms with Gasteiger partial charge in [0.25, 0.3) is 5.91 Å². The minimum Gasteiger partial charge on any atom is -0.493 e. The van der Waals surface area contributed by atoms with Crippen molar-refractivity contribution in [3.05, 3.63) is 75.8 Å². The highest BCUT2D eigenvalue weighted by Crippen LogP contribution is 2.34. The van der Waals surface area contributed by atoms with Gasteiger partial charge in [-0.2, -0.15) is 5.10 Å². The molecule has 0 saturated carbocycles. The van der Waals surface area contributed by atoms with Crippen molar-refractivity contribution in [2.75, 3.05) is 6.61 Å². The molecule has 2 heterocycles. The SMILES string of the molecule is CCc1c(C(=O)NC2CCOc3ccc(Br)cc32)cnn1-c1ccc(F)cc1. The first-order valence-corrected chi connectivity index (χ1v) is 9.92. The number of halogens is 2. The Morgan fingerprint density at radius 1 is 1.32 bits per heavy atom. The molecule has 5 nitrogen and oxygen atoms in total. The highest BCUT2D eigenvalue weighted by molar-refractivity contribution is 9.10. The summed E-state index contributed by atoms with van der Waals surface area (Å²) in [5.41, 5.74) is 2.98. The number of rotatable bonds is 4. The summed E-state index contributed by atoms with van der Waals surface area (Å²) in [5.74, 6) is 0.303. The molecule has 1 aliphatic heterocycles. The molecule has 0 spiro atoms. The molecule has 1 unspecified atom stereocenters. The number of benzene rings is 2. The minimum absolute atomic E-state index is 0.132. The van der Waals surface area contributed by atoms with Gasteiger partial charge >= 0.3 is 0 Å². The van der Waals surface area contributed by atoms with Crippen LogP contribution in [0.5, 0.6) is 5.75 Å². The molecule has 0 aliphatic carbocycles. The lowest BCUT2D eigenvalue weighted by molar-refractivity contribution is 0.0924. The van der Waals surface area contributed by atoms with Gasteiger partial charge in [0.15, 0.2) is 0 Å². The van der Waals surface area contributed by atoms with Crippen LogP contribution in [0.15, 0.2) is 53.1 Å². The first-order valence-electron chi connectivity index (χ1n) is 9.12. The van der Waals surface area contributed by atoms with E-state index in [-0.39, 0.29) is 17.8 Å². The van der Waals surface area contributed by atoms with Crippen molar-refractivity contribution in [2.24, 2.45) is 0 Å². The lowest BCUT2D eigenvalue weighted by atomic mass is 10.00. The zero-order valence-corrected chi connectivity index (χ0v) is 16.9. The van der Waals surface area contributed by atoms with Gasteiger partial charge in [0.05, 0.1) is 35.8 Å². The molecular formula is C21H19BrFN3O2. The average molecular weight is 444 g/mol. The van der Waals surface area contributed by atoms with Crippen LogP contribution in [0.25, 0.3) is 5.69 Å². The number of amides is 1. The van der Waals surface area contributed by atoms with Gasteiger partial charge in [-0.1, -0.05) is 22.9 Å². The Kier molecular flexibility index (Phi) is 5.17. The Morgan fingerprint density at radius 3 is 2.86 bits per heavy atom. The van der Waals surface area contributed by atoms with Crippen molar-refractivity contribution >= 4 is 21.8 Å². The Labute approximate surface area is 170 Å². The van der Waals surface area contributed by atoms with Gasteiger partial charge < -0.3 is 10.1 Å². The van der Waals surface area contributed by atoms with Crippen LogP contribution in [0.4, 0.5) is 4.39 Å². The molecule has 7 heteroatoms. The lowest BCUT2D eigenvalue weighted by Crippen LogP contribution is -2.32. The van der Waals surface area contributed by atoms with E-state index in [4.69, 9.17) is 4.74 Å². The molecule has 2 aromatic carbocycles. The molecule has 1 N–H and O–H groups in total. The van der Waals surface area contributed by atoms with Crippen molar-refractivity contribution in [3.63, 3.8) is 0 Å². The molecule has 4 rings (SSSR count). The van der Waals surface area contributed by atoms with Gasteiger partial charge in [0.1, 0.15) is 11.6 Å². The van der Waals surface area contributed by atoms with Gasteiger partial charge in [-0.15, -0.1) is 0 Å². The van der Waals surface area contributed by atoms with Crippen LogP contribution >= 0.6 is 15.9 Å². The summed E-state index contributed by atoms with van der Waals surface area (Å²) in [5, 5.41) is 7.47. The van der Waals surface area contributed by atoms with Crippen LogP contribution in [-0.2, 0) is 6.42 Å². The van der Waals surface area contributed by atoms with E-state index in [0.29, 0.717) is 25.0 Å². The van der Waals surface area contributed by atoms with E-state index >= 15 is 0 Å². The molecule has 0 bridgehead atoms. The molecule has 28 heavy (non-hydrogen) atoms. The molecule has 1 aromatic heterocycles. The number of nitrogens with zero attached hydrogens (tertiary/aromatic N) is 2. The Balaban J connectivity index is 1.61. The Morgan fingerprint density at radius 2 is 2.11 bits per heavy atom. The third kappa shape index (κ3) is 3.54. The number of aromatic nitrogens is 2. The van der Waals surface area contributed by atoms with Crippen LogP contribution in [-0.4, -0.2) is 22.3 Å². The van der Waals surface area contributed by atoms with Crippen LogP contribution in [0.3, 0.4) is 0 Å². The fourth-order valence-corrected chi connectivity index (χ4v) is 3.84. The predicted molar refractivity (Wildman–Crippen MR) is 107 cm³/mol. The maximum Gasteiger partial charge on any atom is 0.255 e. The standard InChI is InChI=1S/C21H19BrFN3O2/c1-2-19-17(12-24-26(19)15-6-4-14(23)5-7-15)21(27)25-18-9-10-28-20-8-3-13(22)11-16(18)20/h3-8,11-12,18H,2,9-10H2,1H3,(H,25,27). The molecule has 1 atom stereocenters. The summed E-state index contributed by atoms with van der Waals surface area (Å²) in [7, 11) is 0. The maximum atomic E-state index is 13.2. The van der Waals surface area contributed by atoms with Crippen molar-refractivity contribution in [2.45, 2.75) is 25.8 Å². The molecule has 3 aromatic rings. The fraction of sp³-hybridized carbons (Fsp3) is 0.238. The van der Waals surface area contributed by atoms with E-state index in [1.165, 1.54) is 12.1 Å². The first-order chi connectivity index (χ1) is 13.6. The van der Waals surface area contributed by atoms with E-state index in [1.807, 2.05) is 25.1 Å². The summed E-state index contributed by atoms with van der Waals surface area (Å²) in [6.45, 7) is 2.52. The summed E-state index contributed by atoms with van der Waals surface area (Å²) < 4.78 is 21.5. The largest absolute Gasteiger partial charge is 0.493 e. The molecule has 0 fully saturated rings. The third-order valence-electron chi connectivity index (χ3n) is 4.84. The predicted octanol–water partition coefficient (Wildman–Crippen LogP) is 4.59. The summed E-state index contributed by atoms with van der Waals surface area (Å²) >= 11 is 3.48. The molecule has 1 aliphatic rings. The molecule has 144 valence electrons. The number of ether oxygens (including phenoxy) is 1. The summed E-state index contributed by atoms with van der Waals surface area (Å²) in [6, 6.07) is 11.7. The van der Waals surface area contributed by atoms with Crippen LogP contribution in [0.2, 0.25) is 0 Å². The van der Waals surface area contributed by atoms with Crippen molar-refractivity contribution in [3.8, 4) is 11.4 Å². The zero-order valence-electron chi connectivity index (χ0n) is 15.3. The van der Waals surface area contributed by atoms with Crippen molar-refractivity contribution in [1.82, 2.24) is 15.1 Å². The Bertz CT molecular complexity index is 1020. The molecular weight excluding hydrogens is 425 g/mol. The smallest absolute Gasteiger partial charge is 0.255 e. The summed E-state index contributed by atoms with van der Waals surface area (Å²) in [4.78, 5) is 13.0. The van der Waals surface area contributed by atoms with E-state index in [1.54, 1.807) is 23.0 Å². The topological polar surface area (TPSA) is 56.1 Å².